The first-order valence-corrected chi connectivity index (χ1v) is 6.81. The summed E-state index contributed by atoms with van der Waals surface area (Å²) in [5.41, 5.74) is 0. The molecule has 106 valence electrons. The van der Waals surface area contributed by atoms with Crippen LogP contribution in [0.2, 0.25) is 0 Å². The number of hydrogen-bond donors (Lipinski definition) is 1. The molecule has 1 N–H and O–H groups in total. The van der Waals surface area contributed by atoms with Crippen molar-refractivity contribution >= 4 is 11.8 Å². The lowest BCUT2D eigenvalue weighted by atomic mass is 10.2. The second-order valence-electron chi connectivity index (χ2n) is 4.99. The van der Waals surface area contributed by atoms with E-state index in [1.165, 1.54) is 6.20 Å². The first-order valence-electron chi connectivity index (χ1n) is 6.81. The standard InChI is InChI=1S/C13H22FN5/c1-4-10-9-18(3)6-5-7-19(10)12-11(14)8-16-13(15-2)17-12/h8,10H,4-7,9H2,1-3H3,(H,15,16,17). The van der Waals surface area contributed by atoms with E-state index >= 15 is 0 Å². The van der Waals surface area contributed by atoms with E-state index in [1.807, 2.05) is 0 Å². The summed E-state index contributed by atoms with van der Waals surface area (Å²) < 4.78 is 14.0. The predicted molar refractivity (Wildman–Crippen MR) is 75.1 cm³/mol. The van der Waals surface area contributed by atoms with Crippen LogP contribution < -0.4 is 10.2 Å². The van der Waals surface area contributed by atoms with Gasteiger partial charge in [0, 0.05) is 26.2 Å². The molecule has 0 aliphatic carbocycles. The Kier molecular flexibility index (Phi) is 4.52. The van der Waals surface area contributed by atoms with Gasteiger partial charge in [0.2, 0.25) is 5.95 Å². The van der Waals surface area contributed by atoms with Crippen LogP contribution in [0, 0.1) is 5.82 Å². The number of hydrogen-bond acceptors (Lipinski definition) is 5. The smallest absolute Gasteiger partial charge is 0.224 e. The molecule has 6 heteroatoms. The van der Waals surface area contributed by atoms with Crippen molar-refractivity contribution in [1.29, 1.82) is 0 Å². The highest BCUT2D eigenvalue weighted by molar-refractivity contribution is 5.45. The Bertz CT molecular complexity index is 425. The normalized spacial score (nSPS) is 21.3. The molecule has 1 aliphatic heterocycles. The van der Waals surface area contributed by atoms with Gasteiger partial charge in [0.15, 0.2) is 11.6 Å². The van der Waals surface area contributed by atoms with Crippen molar-refractivity contribution in [2.45, 2.75) is 25.8 Å². The summed E-state index contributed by atoms with van der Waals surface area (Å²) in [5, 5.41) is 2.86. The summed E-state index contributed by atoms with van der Waals surface area (Å²) in [4.78, 5) is 12.6. The molecule has 1 atom stereocenters. The molecule has 1 saturated heterocycles. The molecular formula is C13H22FN5. The van der Waals surface area contributed by atoms with Gasteiger partial charge in [-0.1, -0.05) is 6.92 Å². The molecule has 0 spiro atoms. The zero-order valence-corrected chi connectivity index (χ0v) is 11.9. The molecule has 1 fully saturated rings. The fourth-order valence-electron chi connectivity index (χ4n) is 2.55. The van der Waals surface area contributed by atoms with Gasteiger partial charge < -0.3 is 15.1 Å². The van der Waals surface area contributed by atoms with Gasteiger partial charge in [-0.2, -0.15) is 4.98 Å². The highest BCUT2D eigenvalue weighted by atomic mass is 19.1. The summed E-state index contributed by atoms with van der Waals surface area (Å²) in [6.45, 7) is 4.95. The second-order valence-corrected chi connectivity index (χ2v) is 4.99. The van der Waals surface area contributed by atoms with Crippen molar-refractivity contribution in [1.82, 2.24) is 14.9 Å². The fourth-order valence-corrected chi connectivity index (χ4v) is 2.55. The minimum Gasteiger partial charge on any atom is -0.357 e. The molecule has 2 rings (SSSR count). The Balaban J connectivity index is 2.31. The second kappa shape index (κ2) is 6.14. The van der Waals surface area contributed by atoms with E-state index in [4.69, 9.17) is 0 Å². The van der Waals surface area contributed by atoms with Crippen molar-refractivity contribution in [3.63, 3.8) is 0 Å². The summed E-state index contributed by atoms with van der Waals surface area (Å²) >= 11 is 0. The topological polar surface area (TPSA) is 44.3 Å². The minimum absolute atomic E-state index is 0.293. The van der Waals surface area contributed by atoms with Crippen LogP contribution in [0.15, 0.2) is 6.20 Å². The Hall–Kier alpha value is -1.43. The zero-order valence-electron chi connectivity index (χ0n) is 11.9. The maximum absolute atomic E-state index is 14.0. The molecule has 5 nitrogen and oxygen atoms in total. The number of nitrogens with zero attached hydrogens (tertiary/aromatic N) is 4. The lowest BCUT2D eigenvalue weighted by Gasteiger charge is -2.31. The molecule has 0 radical (unpaired) electrons. The zero-order chi connectivity index (χ0) is 13.8. The molecule has 1 unspecified atom stereocenters. The van der Waals surface area contributed by atoms with E-state index in [9.17, 15) is 4.39 Å². The fraction of sp³-hybridized carbons (Fsp3) is 0.692. The molecule has 2 heterocycles. The van der Waals surface area contributed by atoms with Crippen molar-refractivity contribution in [2.24, 2.45) is 0 Å². The quantitative estimate of drug-likeness (QED) is 0.900. The molecule has 19 heavy (non-hydrogen) atoms. The molecule has 0 amide bonds. The minimum atomic E-state index is -0.345. The Morgan fingerprint density at radius 3 is 2.95 bits per heavy atom. The van der Waals surface area contributed by atoms with Gasteiger partial charge in [0.25, 0.3) is 0 Å². The first kappa shape index (κ1) is 14.0. The van der Waals surface area contributed by atoms with Gasteiger partial charge in [0.1, 0.15) is 0 Å². The van der Waals surface area contributed by atoms with Crippen LogP contribution in [-0.2, 0) is 0 Å². The van der Waals surface area contributed by atoms with E-state index in [-0.39, 0.29) is 5.82 Å². The van der Waals surface area contributed by atoms with Crippen molar-refractivity contribution < 1.29 is 4.39 Å². The van der Waals surface area contributed by atoms with Crippen LogP contribution in [0.3, 0.4) is 0 Å². The third-order valence-corrected chi connectivity index (χ3v) is 3.59. The SMILES string of the molecule is CCC1CN(C)CCCN1c1nc(NC)ncc1F. The average molecular weight is 267 g/mol. The highest BCUT2D eigenvalue weighted by Crippen LogP contribution is 2.23. The number of aromatic nitrogens is 2. The third-order valence-electron chi connectivity index (χ3n) is 3.59. The molecular weight excluding hydrogens is 245 g/mol. The van der Waals surface area contributed by atoms with Crippen LogP contribution in [0.25, 0.3) is 0 Å². The highest BCUT2D eigenvalue weighted by Gasteiger charge is 2.25. The number of nitrogens with one attached hydrogen (secondary N) is 1. The van der Waals surface area contributed by atoms with Gasteiger partial charge in [-0.15, -0.1) is 0 Å². The summed E-state index contributed by atoms with van der Waals surface area (Å²) in [6, 6.07) is 0.293. The number of rotatable bonds is 3. The van der Waals surface area contributed by atoms with Crippen LogP contribution >= 0.6 is 0 Å². The van der Waals surface area contributed by atoms with Crippen LogP contribution in [0.1, 0.15) is 19.8 Å². The van der Waals surface area contributed by atoms with Gasteiger partial charge in [-0.05, 0) is 26.4 Å². The number of halogens is 1. The molecule has 1 aliphatic rings. The van der Waals surface area contributed by atoms with Crippen molar-refractivity contribution in [2.75, 3.05) is 43.9 Å². The lowest BCUT2D eigenvalue weighted by Crippen LogP contribution is -2.40. The van der Waals surface area contributed by atoms with Gasteiger partial charge in [-0.3, -0.25) is 0 Å². The lowest BCUT2D eigenvalue weighted by molar-refractivity contribution is 0.327. The van der Waals surface area contributed by atoms with Gasteiger partial charge in [0.05, 0.1) is 6.20 Å². The van der Waals surface area contributed by atoms with Gasteiger partial charge >= 0.3 is 0 Å². The maximum atomic E-state index is 14.0. The Morgan fingerprint density at radius 1 is 1.47 bits per heavy atom. The van der Waals surface area contributed by atoms with Crippen LogP contribution in [-0.4, -0.2) is 54.6 Å². The summed E-state index contributed by atoms with van der Waals surface area (Å²) in [7, 11) is 3.85. The number of anilines is 2. The maximum Gasteiger partial charge on any atom is 0.224 e. The Morgan fingerprint density at radius 2 is 2.26 bits per heavy atom. The first-order chi connectivity index (χ1) is 9.15. The third kappa shape index (κ3) is 3.12. The van der Waals surface area contributed by atoms with Gasteiger partial charge in [-0.25, -0.2) is 9.37 Å². The number of likely N-dealkylation sites (N-methyl/N-ethyl adjacent to an activating group) is 1. The average Bonchev–Trinajstić information content (AvgIpc) is 2.60. The molecule has 0 aromatic carbocycles. The predicted octanol–water partition coefficient (Wildman–Crippen LogP) is 1.58. The Labute approximate surface area is 113 Å². The largest absolute Gasteiger partial charge is 0.357 e. The monoisotopic (exact) mass is 267 g/mol. The van der Waals surface area contributed by atoms with E-state index in [0.717, 1.165) is 32.5 Å². The molecule has 1 aromatic heterocycles. The molecule has 0 saturated carbocycles. The van der Waals surface area contributed by atoms with E-state index < -0.39 is 0 Å². The van der Waals surface area contributed by atoms with Crippen LogP contribution in [0.4, 0.5) is 16.2 Å². The molecule has 0 bridgehead atoms. The summed E-state index contributed by atoms with van der Waals surface area (Å²) in [5.74, 6) is 0.535. The van der Waals surface area contributed by atoms with E-state index in [1.54, 1.807) is 7.05 Å². The van der Waals surface area contributed by atoms with Crippen LogP contribution in [0.5, 0.6) is 0 Å². The van der Waals surface area contributed by atoms with E-state index in [0.29, 0.717) is 17.8 Å². The van der Waals surface area contributed by atoms with Crippen molar-refractivity contribution in [3.05, 3.63) is 12.0 Å². The summed E-state index contributed by atoms with van der Waals surface area (Å²) in [6.07, 6.45) is 3.24. The van der Waals surface area contributed by atoms with Crippen molar-refractivity contribution in [3.8, 4) is 0 Å². The van der Waals surface area contributed by atoms with E-state index in [2.05, 4.69) is 39.1 Å². The molecule has 1 aromatic rings.